The van der Waals surface area contributed by atoms with Crippen LogP contribution in [0.15, 0.2) is 59.6 Å². The summed E-state index contributed by atoms with van der Waals surface area (Å²) in [7, 11) is 0. The normalized spacial score (nSPS) is 12.0. The summed E-state index contributed by atoms with van der Waals surface area (Å²) < 4.78 is 1.82. The second-order valence-corrected chi connectivity index (χ2v) is 6.78. The number of benzene rings is 1. The number of carbonyl (C=O) groups excluding carboxylic acids is 1. The van der Waals surface area contributed by atoms with Crippen molar-refractivity contribution < 1.29 is 9.90 Å². The average Bonchev–Trinajstić information content (AvgIpc) is 3.32. The monoisotopic (exact) mass is 355 g/mol. The molecule has 2 N–H and O–H groups in total. The van der Waals surface area contributed by atoms with Gasteiger partial charge in [-0.2, -0.15) is 16.4 Å². The molecule has 1 atom stereocenters. The summed E-state index contributed by atoms with van der Waals surface area (Å²) in [6.45, 7) is 1.13. The van der Waals surface area contributed by atoms with Crippen LogP contribution >= 0.6 is 11.3 Å². The average molecular weight is 355 g/mol. The lowest BCUT2D eigenvalue weighted by Crippen LogP contribution is -2.31. The van der Waals surface area contributed by atoms with E-state index in [1.165, 1.54) is 5.56 Å². The molecule has 2 aromatic heterocycles. The molecule has 0 bridgehead atoms. The number of thiophene rings is 1. The minimum Gasteiger partial charge on any atom is -0.396 e. The second kappa shape index (κ2) is 8.60. The first-order chi connectivity index (χ1) is 12.2. The minimum absolute atomic E-state index is 0.0193. The molecule has 0 aliphatic carbocycles. The maximum absolute atomic E-state index is 12.4. The van der Waals surface area contributed by atoms with Crippen LogP contribution in [0, 0.1) is 5.92 Å². The van der Waals surface area contributed by atoms with Gasteiger partial charge in [-0.05, 0) is 52.6 Å². The van der Waals surface area contributed by atoms with Gasteiger partial charge >= 0.3 is 0 Å². The van der Waals surface area contributed by atoms with Gasteiger partial charge in [-0.1, -0.05) is 12.1 Å². The van der Waals surface area contributed by atoms with Crippen molar-refractivity contribution in [1.29, 1.82) is 0 Å². The predicted octanol–water partition coefficient (Wildman–Crippen LogP) is 2.57. The summed E-state index contributed by atoms with van der Waals surface area (Å²) in [5, 5.41) is 20.7. The number of carbonyl (C=O) groups is 1. The van der Waals surface area contributed by atoms with Crippen LogP contribution in [0.5, 0.6) is 0 Å². The van der Waals surface area contributed by atoms with Gasteiger partial charge in [0.2, 0.25) is 0 Å². The van der Waals surface area contributed by atoms with E-state index >= 15 is 0 Å². The van der Waals surface area contributed by atoms with Crippen LogP contribution in [0.25, 0.3) is 0 Å². The molecule has 0 aliphatic rings. The van der Waals surface area contributed by atoms with Crippen LogP contribution in [-0.4, -0.2) is 33.9 Å². The van der Waals surface area contributed by atoms with Gasteiger partial charge in [-0.3, -0.25) is 9.48 Å². The Hall–Kier alpha value is -2.44. The molecular weight excluding hydrogens is 334 g/mol. The van der Waals surface area contributed by atoms with E-state index < -0.39 is 0 Å². The fraction of sp³-hybridized carbons (Fsp3) is 0.263. The van der Waals surface area contributed by atoms with Gasteiger partial charge < -0.3 is 10.4 Å². The molecule has 2 heterocycles. The van der Waals surface area contributed by atoms with Gasteiger partial charge in [-0.25, -0.2) is 0 Å². The SMILES string of the molecule is O=C(NC[C@@H](CO)Cc1ccsc1)c1cccc(Cn2cccn2)c1. The highest BCUT2D eigenvalue weighted by Gasteiger charge is 2.12. The quantitative estimate of drug-likeness (QED) is 0.653. The maximum atomic E-state index is 12.4. The van der Waals surface area contributed by atoms with Crippen LogP contribution in [0.3, 0.4) is 0 Å². The Morgan fingerprint density at radius 3 is 2.92 bits per heavy atom. The molecule has 25 heavy (non-hydrogen) atoms. The van der Waals surface area contributed by atoms with Crippen molar-refractivity contribution in [3.05, 3.63) is 76.2 Å². The van der Waals surface area contributed by atoms with Crippen molar-refractivity contribution in [3.63, 3.8) is 0 Å². The van der Waals surface area contributed by atoms with E-state index in [4.69, 9.17) is 0 Å². The number of hydrogen-bond acceptors (Lipinski definition) is 4. The first kappa shape index (κ1) is 17.4. The van der Waals surface area contributed by atoms with Gasteiger partial charge in [0.05, 0.1) is 6.54 Å². The molecular formula is C19H21N3O2S. The molecule has 3 aromatic rings. The predicted molar refractivity (Wildman–Crippen MR) is 98.7 cm³/mol. The van der Waals surface area contributed by atoms with Gasteiger partial charge in [0.25, 0.3) is 5.91 Å². The Bertz CT molecular complexity index is 785. The second-order valence-electron chi connectivity index (χ2n) is 6.00. The highest BCUT2D eigenvalue weighted by molar-refractivity contribution is 7.07. The molecule has 0 saturated carbocycles. The van der Waals surface area contributed by atoms with E-state index in [0.29, 0.717) is 18.7 Å². The Morgan fingerprint density at radius 2 is 2.20 bits per heavy atom. The number of aliphatic hydroxyl groups excluding tert-OH is 1. The summed E-state index contributed by atoms with van der Waals surface area (Å²) in [5.74, 6) is -0.100. The number of rotatable bonds is 8. The lowest BCUT2D eigenvalue weighted by molar-refractivity contribution is 0.0940. The largest absolute Gasteiger partial charge is 0.396 e. The first-order valence-corrected chi connectivity index (χ1v) is 9.15. The van der Waals surface area contributed by atoms with E-state index in [2.05, 4.69) is 15.8 Å². The molecule has 0 fully saturated rings. The van der Waals surface area contributed by atoms with Crippen molar-refractivity contribution >= 4 is 17.2 Å². The van der Waals surface area contributed by atoms with Crippen molar-refractivity contribution in [1.82, 2.24) is 15.1 Å². The summed E-state index contributed by atoms with van der Waals surface area (Å²) >= 11 is 1.64. The molecule has 0 spiro atoms. The third-order valence-corrected chi connectivity index (χ3v) is 4.74. The van der Waals surface area contributed by atoms with E-state index in [1.807, 2.05) is 46.6 Å². The Morgan fingerprint density at radius 1 is 1.28 bits per heavy atom. The van der Waals surface area contributed by atoms with Crippen molar-refractivity contribution in [2.24, 2.45) is 5.92 Å². The zero-order chi connectivity index (χ0) is 17.5. The molecule has 0 aliphatic heterocycles. The van der Waals surface area contributed by atoms with E-state index in [-0.39, 0.29) is 18.4 Å². The topological polar surface area (TPSA) is 67.2 Å². The van der Waals surface area contributed by atoms with Crippen LogP contribution < -0.4 is 5.32 Å². The third-order valence-electron chi connectivity index (χ3n) is 4.01. The lowest BCUT2D eigenvalue weighted by Gasteiger charge is -2.14. The van der Waals surface area contributed by atoms with Gasteiger partial charge in [-0.15, -0.1) is 0 Å². The molecule has 1 amide bonds. The van der Waals surface area contributed by atoms with Crippen molar-refractivity contribution in [2.45, 2.75) is 13.0 Å². The van der Waals surface area contributed by atoms with E-state index in [1.54, 1.807) is 23.6 Å². The summed E-state index contributed by atoms with van der Waals surface area (Å²) in [5.41, 5.74) is 2.84. The van der Waals surface area contributed by atoms with Crippen LogP contribution in [0.4, 0.5) is 0 Å². The number of amides is 1. The molecule has 6 heteroatoms. The minimum atomic E-state index is -0.119. The Balaban J connectivity index is 1.57. The molecule has 3 rings (SSSR count). The van der Waals surface area contributed by atoms with E-state index in [0.717, 1.165) is 12.0 Å². The number of nitrogens with one attached hydrogen (secondary N) is 1. The zero-order valence-electron chi connectivity index (χ0n) is 13.8. The Labute approximate surface area is 150 Å². The maximum Gasteiger partial charge on any atom is 0.251 e. The van der Waals surface area contributed by atoms with Gasteiger partial charge in [0.15, 0.2) is 0 Å². The third kappa shape index (κ3) is 5.01. The summed E-state index contributed by atoms with van der Waals surface area (Å²) in [6.07, 6.45) is 4.39. The smallest absolute Gasteiger partial charge is 0.251 e. The van der Waals surface area contributed by atoms with Crippen molar-refractivity contribution in [3.8, 4) is 0 Å². The Kier molecular flexibility index (Phi) is 5.98. The number of hydrogen-bond donors (Lipinski definition) is 2. The van der Waals surface area contributed by atoms with E-state index in [9.17, 15) is 9.90 Å². The molecule has 1 aromatic carbocycles. The zero-order valence-corrected chi connectivity index (χ0v) is 14.7. The molecule has 0 radical (unpaired) electrons. The van der Waals surface area contributed by atoms with Crippen LogP contribution in [0.1, 0.15) is 21.5 Å². The number of nitrogens with zero attached hydrogens (tertiary/aromatic N) is 2. The highest BCUT2D eigenvalue weighted by atomic mass is 32.1. The van der Waals surface area contributed by atoms with Gasteiger partial charge in [0.1, 0.15) is 0 Å². The fourth-order valence-corrected chi connectivity index (χ4v) is 3.36. The first-order valence-electron chi connectivity index (χ1n) is 8.21. The van der Waals surface area contributed by atoms with Crippen LogP contribution in [-0.2, 0) is 13.0 Å². The molecule has 5 nitrogen and oxygen atoms in total. The standard InChI is InChI=1S/C19H21N3O2S/c23-13-17(9-16-5-8-25-14-16)11-20-19(24)18-4-1-3-15(10-18)12-22-7-2-6-21-22/h1-8,10,14,17,23H,9,11-13H2,(H,20,24)/t17-/m0/s1. The summed E-state index contributed by atoms with van der Waals surface area (Å²) in [4.78, 5) is 12.4. The van der Waals surface area contributed by atoms with Crippen molar-refractivity contribution in [2.75, 3.05) is 13.2 Å². The summed E-state index contributed by atoms with van der Waals surface area (Å²) in [6, 6.07) is 11.5. The lowest BCUT2D eigenvalue weighted by atomic mass is 10.0. The number of aliphatic hydroxyl groups is 1. The fourth-order valence-electron chi connectivity index (χ4n) is 2.67. The molecule has 0 saturated heterocycles. The highest BCUT2D eigenvalue weighted by Crippen LogP contribution is 2.12. The molecule has 130 valence electrons. The van der Waals surface area contributed by atoms with Crippen LogP contribution in [0.2, 0.25) is 0 Å². The number of aromatic nitrogens is 2. The van der Waals surface area contributed by atoms with Gasteiger partial charge in [0, 0.05) is 37.0 Å². The molecule has 0 unspecified atom stereocenters.